The maximum absolute atomic E-state index is 6.02. The Bertz CT molecular complexity index is 575. The highest BCUT2D eigenvalue weighted by atomic mass is 35.5. The Labute approximate surface area is 125 Å². The molecule has 4 aliphatic rings. The van der Waals surface area contributed by atoms with Crippen LogP contribution in [0.1, 0.15) is 45.1 Å². The van der Waals surface area contributed by atoms with Crippen LogP contribution >= 0.6 is 11.6 Å². The van der Waals surface area contributed by atoms with Crippen LogP contribution in [0.5, 0.6) is 0 Å². The monoisotopic (exact) mass is 289 g/mol. The van der Waals surface area contributed by atoms with E-state index in [4.69, 9.17) is 16.4 Å². The third kappa shape index (κ3) is 1.60. The van der Waals surface area contributed by atoms with E-state index < -0.39 is 0 Å². The van der Waals surface area contributed by atoms with Crippen molar-refractivity contribution in [1.29, 1.82) is 0 Å². The molecule has 5 rings (SSSR count). The van der Waals surface area contributed by atoms with Gasteiger partial charge >= 0.3 is 0 Å². The van der Waals surface area contributed by atoms with E-state index in [0.717, 1.165) is 35.1 Å². The van der Waals surface area contributed by atoms with Crippen LogP contribution in [0.25, 0.3) is 0 Å². The van der Waals surface area contributed by atoms with Gasteiger partial charge in [0, 0.05) is 17.4 Å². The average molecular weight is 290 g/mol. The van der Waals surface area contributed by atoms with Gasteiger partial charge in [-0.3, -0.25) is 0 Å². The highest BCUT2D eigenvalue weighted by Gasteiger charge is 2.64. The van der Waals surface area contributed by atoms with Crippen molar-refractivity contribution in [3.05, 3.63) is 34.9 Å². The van der Waals surface area contributed by atoms with Gasteiger partial charge in [0.25, 0.3) is 0 Å². The van der Waals surface area contributed by atoms with Crippen LogP contribution in [0, 0.1) is 17.3 Å². The molecule has 0 amide bonds. The van der Waals surface area contributed by atoms with Gasteiger partial charge in [-0.15, -0.1) is 0 Å². The fourth-order valence-electron chi connectivity index (χ4n) is 4.60. The molecule has 1 aromatic rings. The zero-order valence-corrected chi connectivity index (χ0v) is 12.8. The summed E-state index contributed by atoms with van der Waals surface area (Å²) >= 11 is 5.96. The highest BCUT2D eigenvalue weighted by molar-refractivity contribution is 6.30. The van der Waals surface area contributed by atoms with Crippen molar-refractivity contribution in [3.8, 4) is 0 Å². The average Bonchev–Trinajstić information content (AvgIpc) is 2.83. The molecule has 2 nitrogen and oxygen atoms in total. The Morgan fingerprint density at radius 3 is 2.65 bits per heavy atom. The van der Waals surface area contributed by atoms with Gasteiger partial charge in [-0.1, -0.05) is 42.7 Å². The van der Waals surface area contributed by atoms with Gasteiger partial charge in [0.1, 0.15) is 5.60 Å². The van der Waals surface area contributed by atoms with Crippen LogP contribution < -0.4 is 0 Å². The number of hydrogen-bond donors (Lipinski definition) is 0. The van der Waals surface area contributed by atoms with Crippen LogP contribution in [0.4, 0.5) is 0 Å². The first-order valence-electron chi connectivity index (χ1n) is 7.52. The van der Waals surface area contributed by atoms with Crippen LogP contribution in [0.15, 0.2) is 29.4 Å². The lowest BCUT2D eigenvalue weighted by Crippen LogP contribution is -2.61. The number of nitrogens with zero attached hydrogens (tertiary/aromatic N) is 1. The summed E-state index contributed by atoms with van der Waals surface area (Å²) in [4.78, 5) is 6.02. The minimum atomic E-state index is -0.0345. The molecule has 3 saturated carbocycles. The SMILES string of the molecule is CC1(C)[C@H]2CCC3(CC(c4ccc(Cl)cc4)=NO3)[C@@H]1C2. The number of hydrogen-bond acceptors (Lipinski definition) is 2. The molecular formula is C17H20ClNO. The molecule has 3 fully saturated rings. The maximum atomic E-state index is 6.02. The van der Waals surface area contributed by atoms with E-state index in [2.05, 4.69) is 19.0 Å². The summed E-state index contributed by atoms with van der Waals surface area (Å²) in [6.45, 7) is 4.80. The fourth-order valence-corrected chi connectivity index (χ4v) is 4.73. The van der Waals surface area contributed by atoms with Crippen molar-refractivity contribution in [3.63, 3.8) is 0 Å². The van der Waals surface area contributed by atoms with E-state index >= 15 is 0 Å². The lowest BCUT2D eigenvalue weighted by atomic mass is 9.43. The van der Waals surface area contributed by atoms with E-state index in [1.807, 2.05) is 24.3 Å². The normalized spacial score (nSPS) is 37.2. The summed E-state index contributed by atoms with van der Waals surface area (Å²) in [5.74, 6) is 1.55. The maximum Gasteiger partial charge on any atom is 0.146 e. The first kappa shape index (κ1) is 12.7. The Balaban J connectivity index is 1.59. The molecule has 0 radical (unpaired) electrons. The fraction of sp³-hybridized carbons (Fsp3) is 0.588. The molecule has 0 N–H and O–H groups in total. The first-order valence-corrected chi connectivity index (χ1v) is 7.90. The number of benzene rings is 1. The molecule has 1 heterocycles. The Kier molecular flexibility index (Phi) is 2.54. The molecule has 106 valence electrons. The minimum absolute atomic E-state index is 0.0345. The first-order chi connectivity index (χ1) is 9.51. The molecular weight excluding hydrogens is 270 g/mol. The van der Waals surface area contributed by atoms with Crippen molar-refractivity contribution in [2.45, 2.75) is 45.1 Å². The number of fused-ring (bicyclic) bond motifs is 1. The van der Waals surface area contributed by atoms with Gasteiger partial charge in [-0.2, -0.15) is 0 Å². The summed E-state index contributed by atoms with van der Waals surface area (Å²) in [6.07, 6.45) is 4.71. The van der Waals surface area contributed by atoms with E-state index in [9.17, 15) is 0 Å². The standard InChI is InChI=1S/C17H20ClNO/c1-16(2)12-7-8-17(15(16)9-12)10-14(19-20-17)11-3-5-13(18)6-4-11/h3-6,12,15H,7-10H2,1-2H3/t12-,15+,17?/m0/s1. The molecule has 0 saturated heterocycles. The zero-order chi connectivity index (χ0) is 14.0. The summed E-state index contributed by atoms with van der Waals surface area (Å²) in [5, 5.41) is 5.19. The van der Waals surface area contributed by atoms with Gasteiger partial charge in [-0.25, -0.2) is 0 Å². The van der Waals surface area contributed by atoms with Crippen LogP contribution in [0.3, 0.4) is 0 Å². The third-order valence-corrected chi connectivity index (χ3v) is 6.26. The van der Waals surface area contributed by atoms with Crippen molar-refractivity contribution in [1.82, 2.24) is 0 Å². The Hall–Kier alpha value is -1.02. The predicted octanol–water partition coefficient (Wildman–Crippen LogP) is 4.66. The smallest absolute Gasteiger partial charge is 0.146 e. The zero-order valence-electron chi connectivity index (χ0n) is 12.0. The van der Waals surface area contributed by atoms with E-state index in [0.29, 0.717) is 11.3 Å². The van der Waals surface area contributed by atoms with Crippen LogP contribution in [0.2, 0.25) is 5.02 Å². The van der Waals surface area contributed by atoms with Gasteiger partial charge < -0.3 is 4.84 Å². The molecule has 20 heavy (non-hydrogen) atoms. The van der Waals surface area contributed by atoms with Crippen molar-refractivity contribution < 1.29 is 4.84 Å². The highest BCUT2D eigenvalue weighted by Crippen LogP contribution is 2.65. The van der Waals surface area contributed by atoms with Crippen LogP contribution in [-0.4, -0.2) is 11.3 Å². The Morgan fingerprint density at radius 1 is 1.25 bits per heavy atom. The second-order valence-electron chi connectivity index (χ2n) is 7.22. The summed E-state index contributed by atoms with van der Waals surface area (Å²) in [6, 6.07) is 7.94. The van der Waals surface area contributed by atoms with E-state index in [-0.39, 0.29) is 5.60 Å². The van der Waals surface area contributed by atoms with Gasteiger partial charge in [0.05, 0.1) is 5.71 Å². The molecule has 1 unspecified atom stereocenters. The minimum Gasteiger partial charge on any atom is -0.388 e. The van der Waals surface area contributed by atoms with Gasteiger partial charge in [0.15, 0.2) is 0 Å². The van der Waals surface area contributed by atoms with Crippen LogP contribution in [-0.2, 0) is 4.84 Å². The van der Waals surface area contributed by atoms with Crippen molar-refractivity contribution >= 4 is 17.3 Å². The quantitative estimate of drug-likeness (QED) is 0.737. The lowest BCUT2D eigenvalue weighted by Gasteiger charge is -2.62. The number of halogens is 1. The largest absolute Gasteiger partial charge is 0.388 e. The summed E-state index contributed by atoms with van der Waals surface area (Å²) < 4.78 is 0. The molecule has 2 bridgehead atoms. The van der Waals surface area contributed by atoms with Crippen molar-refractivity contribution in [2.24, 2.45) is 22.4 Å². The molecule has 1 aromatic carbocycles. The third-order valence-electron chi connectivity index (χ3n) is 6.00. The Morgan fingerprint density at radius 2 is 2.00 bits per heavy atom. The molecule has 1 spiro atoms. The summed E-state index contributed by atoms with van der Waals surface area (Å²) in [5.41, 5.74) is 2.62. The van der Waals surface area contributed by atoms with Gasteiger partial charge in [0.2, 0.25) is 0 Å². The topological polar surface area (TPSA) is 21.6 Å². The van der Waals surface area contributed by atoms with E-state index in [1.165, 1.54) is 12.8 Å². The summed E-state index contributed by atoms with van der Waals surface area (Å²) in [7, 11) is 0. The lowest BCUT2D eigenvalue weighted by molar-refractivity contribution is -0.214. The molecule has 3 atom stereocenters. The second-order valence-corrected chi connectivity index (χ2v) is 7.66. The molecule has 0 aromatic heterocycles. The van der Waals surface area contributed by atoms with Gasteiger partial charge in [-0.05, 0) is 48.3 Å². The molecule has 3 heteroatoms. The predicted molar refractivity (Wildman–Crippen MR) is 81.0 cm³/mol. The number of oxime groups is 1. The molecule has 1 aliphatic heterocycles. The second kappa shape index (κ2) is 4.00. The number of rotatable bonds is 1. The van der Waals surface area contributed by atoms with E-state index in [1.54, 1.807) is 0 Å². The van der Waals surface area contributed by atoms with Crippen molar-refractivity contribution in [2.75, 3.05) is 0 Å². The molecule has 3 aliphatic carbocycles.